The Kier molecular flexibility index (Phi) is 3.55. The Balaban J connectivity index is 2.91. The van der Waals surface area contributed by atoms with E-state index in [1.807, 2.05) is 17.8 Å². The van der Waals surface area contributed by atoms with Gasteiger partial charge >= 0.3 is 0 Å². The summed E-state index contributed by atoms with van der Waals surface area (Å²) in [6.07, 6.45) is 3.89. The molecule has 0 bridgehead atoms. The first-order chi connectivity index (χ1) is 6.15. The number of alkyl halides is 1. The number of halogens is 1. The number of rotatable bonds is 3. The molecule has 0 unspecified atom stereocenters. The van der Waals surface area contributed by atoms with Crippen molar-refractivity contribution in [2.24, 2.45) is 13.0 Å². The van der Waals surface area contributed by atoms with Crippen LogP contribution in [-0.4, -0.2) is 15.7 Å². The van der Waals surface area contributed by atoms with Crippen molar-refractivity contribution in [1.29, 1.82) is 0 Å². The SMILES string of the molecule is CC(C)C(=Cc1ccnn1C)CCl. The molecule has 1 rings (SSSR count). The van der Waals surface area contributed by atoms with Crippen LogP contribution in [0.2, 0.25) is 0 Å². The van der Waals surface area contributed by atoms with Crippen LogP contribution in [0.4, 0.5) is 0 Å². The summed E-state index contributed by atoms with van der Waals surface area (Å²) in [5, 5.41) is 4.09. The molecular weight excluding hydrogens is 184 g/mol. The lowest BCUT2D eigenvalue weighted by Gasteiger charge is -2.07. The Bertz CT molecular complexity index is 300. The van der Waals surface area contributed by atoms with E-state index in [1.54, 1.807) is 6.20 Å². The fourth-order valence-corrected chi connectivity index (χ4v) is 1.46. The van der Waals surface area contributed by atoms with Gasteiger partial charge in [-0.3, -0.25) is 4.68 Å². The van der Waals surface area contributed by atoms with Gasteiger partial charge in [0.2, 0.25) is 0 Å². The third-order valence-corrected chi connectivity index (χ3v) is 2.40. The van der Waals surface area contributed by atoms with Crippen LogP contribution in [0.15, 0.2) is 17.8 Å². The molecule has 0 saturated heterocycles. The average Bonchev–Trinajstić information content (AvgIpc) is 2.46. The topological polar surface area (TPSA) is 17.8 Å². The predicted molar refractivity (Wildman–Crippen MR) is 56.7 cm³/mol. The molecule has 0 aromatic carbocycles. The highest BCUT2D eigenvalue weighted by atomic mass is 35.5. The average molecular weight is 199 g/mol. The van der Waals surface area contributed by atoms with Gasteiger partial charge in [-0.15, -0.1) is 11.6 Å². The molecule has 13 heavy (non-hydrogen) atoms. The number of nitrogens with zero attached hydrogens (tertiary/aromatic N) is 2. The van der Waals surface area contributed by atoms with E-state index < -0.39 is 0 Å². The van der Waals surface area contributed by atoms with E-state index in [1.165, 1.54) is 5.57 Å². The van der Waals surface area contributed by atoms with Crippen LogP contribution in [0.3, 0.4) is 0 Å². The van der Waals surface area contributed by atoms with Crippen LogP contribution in [0.5, 0.6) is 0 Å². The zero-order valence-electron chi connectivity index (χ0n) is 8.29. The number of allylic oxidation sites excluding steroid dienone is 1. The molecule has 0 N–H and O–H groups in total. The Morgan fingerprint density at radius 1 is 1.69 bits per heavy atom. The minimum atomic E-state index is 0.493. The van der Waals surface area contributed by atoms with Crippen LogP contribution in [0.25, 0.3) is 6.08 Å². The fourth-order valence-electron chi connectivity index (χ4n) is 1.08. The van der Waals surface area contributed by atoms with Crippen molar-refractivity contribution < 1.29 is 0 Å². The minimum Gasteiger partial charge on any atom is -0.269 e. The molecule has 1 heterocycles. The van der Waals surface area contributed by atoms with Gasteiger partial charge in [-0.05, 0) is 18.1 Å². The number of aromatic nitrogens is 2. The van der Waals surface area contributed by atoms with Crippen LogP contribution >= 0.6 is 11.6 Å². The minimum absolute atomic E-state index is 0.493. The standard InChI is InChI=1S/C10H15ClN2/c1-8(2)9(7-11)6-10-4-5-12-13(10)3/h4-6,8H,7H2,1-3H3. The lowest BCUT2D eigenvalue weighted by molar-refractivity contribution is 0.750. The van der Waals surface area contributed by atoms with Crippen LogP contribution in [0.1, 0.15) is 19.5 Å². The number of hydrogen-bond donors (Lipinski definition) is 0. The van der Waals surface area contributed by atoms with Gasteiger partial charge in [-0.2, -0.15) is 5.10 Å². The van der Waals surface area contributed by atoms with Gasteiger partial charge < -0.3 is 0 Å². The summed E-state index contributed by atoms with van der Waals surface area (Å²) in [5.41, 5.74) is 2.34. The van der Waals surface area contributed by atoms with Gasteiger partial charge in [-0.1, -0.05) is 19.4 Å². The zero-order chi connectivity index (χ0) is 9.84. The molecule has 3 heteroatoms. The molecule has 0 amide bonds. The molecule has 0 fully saturated rings. The van der Waals surface area contributed by atoms with Crippen molar-refractivity contribution in [2.75, 3.05) is 5.88 Å². The Morgan fingerprint density at radius 2 is 2.38 bits per heavy atom. The van der Waals surface area contributed by atoms with Crippen molar-refractivity contribution in [3.63, 3.8) is 0 Å². The lowest BCUT2D eigenvalue weighted by atomic mass is 10.0. The van der Waals surface area contributed by atoms with E-state index in [0.29, 0.717) is 11.8 Å². The second kappa shape index (κ2) is 4.47. The molecule has 0 atom stereocenters. The maximum Gasteiger partial charge on any atom is 0.0606 e. The largest absolute Gasteiger partial charge is 0.269 e. The van der Waals surface area contributed by atoms with Crippen LogP contribution < -0.4 is 0 Å². The monoisotopic (exact) mass is 198 g/mol. The maximum atomic E-state index is 5.83. The second-order valence-electron chi connectivity index (χ2n) is 3.39. The molecule has 0 saturated carbocycles. The van der Waals surface area contributed by atoms with E-state index in [4.69, 9.17) is 11.6 Å². The fraction of sp³-hybridized carbons (Fsp3) is 0.500. The number of aryl methyl sites for hydroxylation is 1. The molecule has 0 spiro atoms. The van der Waals surface area contributed by atoms with Gasteiger partial charge in [0.25, 0.3) is 0 Å². The highest BCUT2D eigenvalue weighted by Crippen LogP contribution is 2.15. The van der Waals surface area contributed by atoms with E-state index in [9.17, 15) is 0 Å². The molecule has 72 valence electrons. The summed E-state index contributed by atoms with van der Waals surface area (Å²) < 4.78 is 1.84. The third kappa shape index (κ3) is 2.59. The van der Waals surface area contributed by atoms with Gasteiger partial charge in [-0.25, -0.2) is 0 Å². The lowest BCUT2D eigenvalue weighted by Crippen LogP contribution is -1.98. The Hall–Kier alpha value is -0.760. The second-order valence-corrected chi connectivity index (χ2v) is 3.65. The summed E-state index contributed by atoms with van der Waals surface area (Å²) in [7, 11) is 1.93. The molecule has 1 aromatic rings. The van der Waals surface area contributed by atoms with Gasteiger partial charge in [0.15, 0.2) is 0 Å². The smallest absolute Gasteiger partial charge is 0.0606 e. The Morgan fingerprint density at radius 3 is 2.77 bits per heavy atom. The van der Waals surface area contributed by atoms with E-state index >= 15 is 0 Å². The van der Waals surface area contributed by atoms with Crippen molar-refractivity contribution in [3.8, 4) is 0 Å². The van der Waals surface area contributed by atoms with Crippen LogP contribution in [-0.2, 0) is 7.05 Å². The summed E-state index contributed by atoms with van der Waals surface area (Å²) in [6.45, 7) is 4.29. The Labute approximate surface area is 84.2 Å². The van der Waals surface area contributed by atoms with Crippen molar-refractivity contribution in [3.05, 3.63) is 23.5 Å². The van der Waals surface area contributed by atoms with E-state index in [0.717, 1.165) is 5.69 Å². The third-order valence-electron chi connectivity index (χ3n) is 2.09. The summed E-state index contributed by atoms with van der Waals surface area (Å²) >= 11 is 5.83. The zero-order valence-corrected chi connectivity index (χ0v) is 9.04. The molecule has 2 nitrogen and oxygen atoms in total. The van der Waals surface area contributed by atoms with Gasteiger partial charge in [0.05, 0.1) is 5.69 Å². The molecule has 1 aromatic heterocycles. The first-order valence-electron chi connectivity index (χ1n) is 4.39. The quantitative estimate of drug-likeness (QED) is 0.683. The van der Waals surface area contributed by atoms with Crippen molar-refractivity contribution in [1.82, 2.24) is 9.78 Å². The summed E-state index contributed by atoms with van der Waals surface area (Å²) in [6, 6.07) is 1.98. The summed E-state index contributed by atoms with van der Waals surface area (Å²) in [5.74, 6) is 1.08. The number of hydrogen-bond acceptors (Lipinski definition) is 1. The molecular formula is C10H15ClN2. The van der Waals surface area contributed by atoms with Crippen LogP contribution in [0, 0.1) is 5.92 Å². The maximum absolute atomic E-state index is 5.83. The van der Waals surface area contributed by atoms with Gasteiger partial charge in [0.1, 0.15) is 0 Å². The highest BCUT2D eigenvalue weighted by molar-refractivity contribution is 6.19. The highest BCUT2D eigenvalue weighted by Gasteiger charge is 2.03. The van der Waals surface area contributed by atoms with E-state index in [2.05, 4.69) is 25.0 Å². The predicted octanol–water partition coefficient (Wildman–Crippen LogP) is 2.70. The summed E-state index contributed by atoms with van der Waals surface area (Å²) in [4.78, 5) is 0. The molecule has 0 radical (unpaired) electrons. The van der Waals surface area contributed by atoms with Gasteiger partial charge in [0, 0.05) is 19.1 Å². The van der Waals surface area contributed by atoms with Crippen molar-refractivity contribution in [2.45, 2.75) is 13.8 Å². The van der Waals surface area contributed by atoms with E-state index in [-0.39, 0.29) is 0 Å². The normalized spacial score (nSPS) is 12.5. The van der Waals surface area contributed by atoms with Crippen molar-refractivity contribution >= 4 is 17.7 Å². The first kappa shape index (κ1) is 10.3. The molecule has 0 aliphatic carbocycles. The first-order valence-corrected chi connectivity index (χ1v) is 4.93. The molecule has 0 aliphatic heterocycles. The molecule has 0 aliphatic rings.